The summed E-state index contributed by atoms with van der Waals surface area (Å²) in [5.74, 6) is 0.959. The van der Waals surface area contributed by atoms with Gasteiger partial charge in [0.05, 0.1) is 12.7 Å². The molecule has 22 heavy (non-hydrogen) atoms. The molecule has 0 saturated carbocycles. The van der Waals surface area contributed by atoms with Gasteiger partial charge in [0.15, 0.2) is 0 Å². The molecule has 2 aromatic heterocycles. The number of anilines is 1. The minimum Gasteiger partial charge on any atom is -0.394 e. The molecule has 0 radical (unpaired) electrons. The Kier molecular flexibility index (Phi) is 5.21. The van der Waals surface area contributed by atoms with E-state index in [1.165, 1.54) is 17.0 Å². The van der Waals surface area contributed by atoms with Gasteiger partial charge in [-0.25, -0.2) is 4.98 Å². The second kappa shape index (κ2) is 6.94. The highest BCUT2D eigenvalue weighted by atomic mass is 16.4. The third kappa shape index (κ3) is 3.31. The summed E-state index contributed by atoms with van der Waals surface area (Å²) in [5, 5.41) is 51.4. The van der Waals surface area contributed by atoms with Gasteiger partial charge >= 0.3 is 0 Å². The molecule has 2 rings (SSSR count). The Hall–Kier alpha value is -1.85. The second-order valence-electron chi connectivity index (χ2n) is 4.95. The van der Waals surface area contributed by atoms with E-state index in [0.717, 1.165) is 0 Å². The first-order chi connectivity index (χ1) is 10.5. The van der Waals surface area contributed by atoms with Crippen molar-refractivity contribution in [3.05, 3.63) is 18.6 Å². The topological polar surface area (TPSA) is 147 Å². The molecule has 2 heterocycles. The third-order valence-corrected chi connectivity index (χ3v) is 3.34. The van der Waals surface area contributed by atoms with Crippen LogP contribution in [-0.2, 0) is 0 Å². The summed E-state index contributed by atoms with van der Waals surface area (Å²) in [4.78, 5) is 9.54. The molecule has 0 spiro atoms. The van der Waals surface area contributed by atoms with Gasteiger partial charge in [0.25, 0.3) is 5.78 Å². The predicted molar refractivity (Wildman–Crippen MR) is 75.2 cm³/mol. The first kappa shape index (κ1) is 16.5. The molecular formula is C12H19N5O5. The van der Waals surface area contributed by atoms with Crippen LogP contribution in [0.4, 0.5) is 5.82 Å². The van der Waals surface area contributed by atoms with Crippen LogP contribution in [0.2, 0.25) is 0 Å². The minimum atomic E-state index is -1.66. The van der Waals surface area contributed by atoms with E-state index in [-0.39, 0.29) is 6.54 Å². The van der Waals surface area contributed by atoms with E-state index in [4.69, 9.17) is 5.11 Å². The van der Waals surface area contributed by atoms with Gasteiger partial charge in [-0.2, -0.15) is 14.6 Å². The number of hydrogen-bond donors (Lipinski definition) is 5. The van der Waals surface area contributed by atoms with E-state index in [1.54, 1.807) is 18.0 Å². The Balaban J connectivity index is 2.08. The van der Waals surface area contributed by atoms with Crippen molar-refractivity contribution in [3.63, 3.8) is 0 Å². The maximum atomic E-state index is 9.98. The summed E-state index contributed by atoms with van der Waals surface area (Å²) in [6, 6.07) is 1.65. The minimum absolute atomic E-state index is 0.0463. The zero-order chi connectivity index (χ0) is 16.3. The predicted octanol–water partition coefficient (Wildman–Crippen LogP) is -3.00. The number of aliphatic hydroxyl groups is 5. The van der Waals surface area contributed by atoms with Gasteiger partial charge in [0, 0.05) is 19.8 Å². The fourth-order valence-electron chi connectivity index (χ4n) is 2.06. The smallest absolute Gasteiger partial charge is 0.254 e. The highest BCUT2D eigenvalue weighted by Gasteiger charge is 2.30. The number of hydrogen-bond acceptors (Lipinski definition) is 9. The van der Waals surface area contributed by atoms with Crippen molar-refractivity contribution in [3.8, 4) is 0 Å². The lowest BCUT2D eigenvalue weighted by atomic mass is 10.0. The SMILES string of the molecule is CN(C[C@H](O)[C@H](O)[C@@H](O)[C@@H](O)CO)c1ccnc2ncnn12. The van der Waals surface area contributed by atoms with Crippen molar-refractivity contribution in [2.45, 2.75) is 24.4 Å². The Morgan fingerprint density at radius 1 is 1.14 bits per heavy atom. The van der Waals surface area contributed by atoms with Gasteiger partial charge in [-0.1, -0.05) is 0 Å². The van der Waals surface area contributed by atoms with Crippen LogP contribution in [0, 0.1) is 0 Å². The first-order valence-corrected chi connectivity index (χ1v) is 6.64. The van der Waals surface area contributed by atoms with Crippen molar-refractivity contribution in [1.82, 2.24) is 19.6 Å². The highest BCUT2D eigenvalue weighted by molar-refractivity contribution is 5.44. The number of rotatable bonds is 7. The van der Waals surface area contributed by atoms with Crippen LogP contribution in [0.3, 0.4) is 0 Å². The van der Waals surface area contributed by atoms with Gasteiger partial charge in [0.1, 0.15) is 30.5 Å². The van der Waals surface area contributed by atoms with Gasteiger partial charge in [-0.05, 0) is 6.07 Å². The lowest BCUT2D eigenvalue weighted by Gasteiger charge is -2.29. The largest absolute Gasteiger partial charge is 0.394 e. The van der Waals surface area contributed by atoms with Crippen LogP contribution in [0.1, 0.15) is 0 Å². The Morgan fingerprint density at radius 2 is 1.82 bits per heavy atom. The van der Waals surface area contributed by atoms with Crippen LogP contribution < -0.4 is 4.90 Å². The van der Waals surface area contributed by atoms with Crippen molar-refractivity contribution in [2.24, 2.45) is 0 Å². The van der Waals surface area contributed by atoms with Crippen LogP contribution in [0.25, 0.3) is 5.78 Å². The molecule has 4 atom stereocenters. The number of likely N-dealkylation sites (N-methyl/N-ethyl adjacent to an activating group) is 1. The molecule has 0 aromatic carbocycles. The fraction of sp³-hybridized carbons (Fsp3) is 0.583. The summed E-state index contributed by atoms with van der Waals surface area (Å²) >= 11 is 0. The van der Waals surface area contributed by atoms with Crippen molar-refractivity contribution < 1.29 is 25.5 Å². The molecular weight excluding hydrogens is 294 g/mol. The van der Waals surface area contributed by atoms with Crippen molar-refractivity contribution in [2.75, 3.05) is 25.1 Å². The Bertz CT molecular complexity index is 608. The zero-order valence-electron chi connectivity index (χ0n) is 11.9. The maximum absolute atomic E-state index is 9.98. The van der Waals surface area contributed by atoms with Crippen molar-refractivity contribution >= 4 is 11.6 Å². The van der Waals surface area contributed by atoms with E-state index >= 15 is 0 Å². The second-order valence-corrected chi connectivity index (χ2v) is 4.95. The number of aromatic nitrogens is 4. The Labute approximate surface area is 125 Å². The van der Waals surface area contributed by atoms with E-state index in [0.29, 0.717) is 11.6 Å². The molecule has 0 aliphatic heterocycles. The summed E-state index contributed by atoms with van der Waals surface area (Å²) in [7, 11) is 1.65. The molecule has 0 bridgehead atoms. The van der Waals surface area contributed by atoms with Gasteiger partial charge < -0.3 is 30.4 Å². The molecule has 0 aliphatic carbocycles. The lowest BCUT2D eigenvalue weighted by molar-refractivity contribution is -0.112. The Morgan fingerprint density at radius 3 is 2.50 bits per heavy atom. The molecule has 0 fully saturated rings. The molecule has 0 amide bonds. The van der Waals surface area contributed by atoms with Gasteiger partial charge in [-0.15, -0.1) is 0 Å². The summed E-state index contributed by atoms with van der Waals surface area (Å²) < 4.78 is 1.46. The molecule has 122 valence electrons. The molecule has 2 aromatic rings. The highest BCUT2D eigenvalue weighted by Crippen LogP contribution is 2.14. The molecule has 0 aliphatic rings. The lowest BCUT2D eigenvalue weighted by Crippen LogP contribution is -2.49. The molecule has 5 N–H and O–H groups in total. The summed E-state index contributed by atoms with van der Waals surface area (Å²) in [6.45, 7) is -0.764. The van der Waals surface area contributed by atoms with E-state index in [1.807, 2.05) is 0 Å². The molecule has 0 unspecified atom stereocenters. The standard InChI is InChI=1S/C12H19N5O5/c1-16(4-7(19)10(21)11(22)8(20)5-18)9-2-3-13-12-14-6-15-17(9)12/h2-3,6-8,10-11,18-22H,4-5H2,1H3/t7-,8-,10-,11-/m0/s1. The van der Waals surface area contributed by atoms with Gasteiger partial charge in [0.2, 0.25) is 0 Å². The zero-order valence-corrected chi connectivity index (χ0v) is 11.9. The van der Waals surface area contributed by atoms with Crippen LogP contribution in [0.15, 0.2) is 18.6 Å². The van der Waals surface area contributed by atoms with Crippen LogP contribution >= 0.6 is 0 Å². The first-order valence-electron chi connectivity index (χ1n) is 6.64. The quantitative estimate of drug-likeness (QED) is 0.360. The fourth-order valence-corrected chi connectivity index (χ4v) is 2.06. The normalized spacial score (nSPS) is 17.2. The molecule has 10 heteroatoms. The third-order valence-electron chi connectivity index (χ3n) is 3.34. The van der Waals surface area contributed by atoms with Crippen LogP contribution in [0.5, 0.6) is 0 Å². The monoisotopic (exact) mass is 313 g/mol. The average Bonchev–Trinajstić information content (AvgIpc) is 3.00. The van der Waals surface area contributed by atoms with Gasteiger partial charge in [-0.3, -0.25) is 0 Å². The number of fused-ring (bicyclic) bond motifs is 1. The summed E-state index contributed by atoms with van der Waals surface area (Å²) in [6.07, 6.45) is -3.28. The average molecular weight is 313 g/mol. The van der Waals surface area contributed by atoms with E-state index in [9.17, 15) is 20.4 Å². The van der Waals surface area contributed by atoms with E-state index in [2.05, 4.69) is 15.1 Å². The van der Waals surface area contributed by atoms with Crippen molar-refractivity contribution in [1.29, 1.82) is 0 Å². The number of aliphatic hydroxyl groups excluding tert-OH is 5. The molecule has 10 nitrogen and oxygen atoms in total. The molecule has 0 saturated heterocycles. The summed E-state index contributed by atoms with van der Waals surface area (Å²) in [5.41, 5.74) is 0. The maximum Gasteiger partial charge on any atom is 0.254 e. The number of nitrogens with zero attached hydrogens (tertiary/aromatic N) is 5. The van der Waals surface area contributed by atoms with E-state index < -0.39 is 31.0 Å². The van der Waals surface area contributed by atoms with Crippen LogP contribution in [-0.4, -0.2) is 89.7 Å².